The van der Waals surface area contributed by atoms with Crippen LogP contribution in [0.3, 0.4) is 0 Å². The zero-order valence-corrected chi connectivity index (χ0v) is 8.92. The molecule has 0 aliphatic heterocycles. The molecule has 2 nitrogen and oxygen atoms in total. The van der Waals surface area contributed by atoms with Gasteiger partial charge in [-0.3, -0.25) is 0 Å². The van der Waals surface area contributed by atoms with Gasteiger partial charge in [-0.05, 0) is 43.5 Å². The average Bonchev–Trinajstić information content (AvgIpc) is 3.02. The lowest BCUT2D eigenvalue weighted by molar-refractivity contribution is 0.312. The molecule has 3 heteroatoms. The van der Waals surface area contributed by atoms with Crippen LogP contribution in [0, 0.1) is 12.7 Å². The van der Waals surface area contributed by atoms with E-state index >= 15 is 0 Å². The minimum Gasteiger partial charge on any atom is -0.492 e. The van der Waals surface area contributed by atoms with E-state index in [1.165, 1.54) is 18.9 Å². The SMILES string of the molecule is Cc1cc(OCCNC2CC2)ccc1F. The molecule has 0 aromatic heterocycles. The number of benzene rings is 1. The predicted molar refractivity (Wildman–Crippen MR) is 57.7 cm³/mol. The van der Waals surface area contributed by atoms with E-state index in [0.717, 1.165) is 12.3 Å². The number of rotatable bonds is 5. The van der Waals surface area contributed by atoms with Crippen LogP contribution >= 0.6 is 0 Å². The fraction of sp³-hybridized carbons (Fsp3) is 0.500. The first-order valence-corrected chi connectivity index (χ1v) is 5.38. The van der Waals surface area contributed by atoms with Crippen molar-refractivity contribution in [3.05, 3.63) is 29.6 Å². The Hall–Kier alpha value is -1.09. The molecule has 0 spiro atoms. The van der Waals surface area contributed by atoms with Crippen molar-refractivity contribution in [2.24, 2.45) is 0 Å². The summed E-state index contributed by atoms with van der Waals surface area (Å²) in [5, 5.41) is 3.35. The molecule has 1 saturated carbocycles. The molecular weight excluding hydrogens is 193 g/mol. The Kier molecular flexibility index (Phi) is 3.21. The van der Waals surface area contributed by atoms with E-state index < -0.39 is 0 Å². The van der Waals surface area contributed by atoms with E-state index in [4.69, 9.17) is 4.74 Å². The molecule has 1 aliphatic rings. The summed E-state index contributed by atoms with van der Waals surface area (Å²) in [4.78, 5) is 0. The highest BCUT2D eigenvalue weighted by Crippen LogP contribution is 2.18. The first kappa shape index (κ1) is 10.4. The van der Waals surface area contributed by atoms with Crippen LogP contribution in [0.2, 0.25) is 0 Å². The predicted octanol–water partition coefficient (Wildman–Crippen LogP) is 2.26. The third-order valence-electron chi connectivity index (χ3n) is 2.51. The van der Waals surface area contributed by atoms with Gasteiger partial charge in [0, 0.05) is 12.6 Å². The van der Waals surface area contributed by atoms with Crippen molar-refractivity contribution in [2.45, 2.75) is 25.8 Å². The lowest BCUT2D eigenvalue weighted by Crippen LogP contribution is -2.22. The van der Waals surface area contributed by atoms with Crippen LogP contribution in [0.4, 0.5) is 4.39 Å². The highest BCUT2D eigenvalue weighted by atomic mass is 19.1. The molecule has 1 aromatic rings. The van der Waals surface area contributed by atoms with E-state index in [1.807, 2.05) is 0 Å². The van der Waals surface area contributed by atoms with Crippen LogP contribution in [0.15, 0.2) is 18.2 Å². The van der Waals surface area contributed by atoms with Crippen LogP contribution in [-0.4, -0.2) is 19.2 Å². The third-order valence-corrected chi connectivity index (χ3v) is 2.51. The van der Waals surface area contributed by atoms with Crippen molar-refractivity contribution in [1.82, 2.24) is 5.32 Å². The zero-order valence-electron chi connectivity index (χ0n) is 8.92. The standard InChI is InChI=1S/C12H16FNO/c1-9-8-11(4-5-12(9)13)15-7-6-14-10-2-3-10/h4-5,8,10,14H,2-3,6-7H2,1H3. The van der Waals surface area contributed by atoms with Gasteiger partial charge in [0.15, 0.2) is 0 Å². The number of halogens is 1. The monoisotopic (exact) mass is 209 g/mol. The molecule has 0 saturated heterocycles. The normalized spacial score (nSPS) is 15.3. The molecule has 2 rings (SSSR count). The van der Waals surface area contributed by atoms with Crippen LogP contribution in [0.1, 0.15) is 18.4 Å². The molecule has 1 fully saturated rings. The molecular formula is C12H16FNO. The van der Waals surface area contributed by atoms with Crippen molar-refractivity contribution < 1.29 is 9.13 Å². The summed E-state index contributed by atoms with van der Waals surface area (Å²) in [6.07, 6.45) is 2.57. The fourth-order valence-electron chi connectivity index (χ4n) is 1.43. The number of aryl methyl sites for hydroxylation is 1. The molecule has 0 bridgehead atoms. The Balaban J connectivity index is 1.74. The van der Waals surface area contributed by atoms with Crippen LogP contribution in [0.25, 0.3) is 0 Å². The van der Waals surface area contributed by atoms with E-state index in [-0.39, 0.29) is 5.82 Å². The van der Waals surface area contributed by atoms with Gasteiger partial charge in [-0.1, -0.05) is 0 Å². The fourth-order valence-corrected chi connectivity index (χ4v) is 1.43. The minimum absolute atomic E-state index is 0.182. The largest absolute Gasteiger partial charge is 0.492 e. The molecule has 82 valence electrons. The van der Waals surface area contributed by atoms with Crippen molar-refractivity contribution in [1.29, 1.82) is 0 Å². The molecule has 0 amide bonds. The summed E-state index contributed by atoms with van der Waals surface area (Å²) in [5.74, 6) is 0.560. The van der Waals surface area contributed by atoms with Gasteiger partial charge in [0.1, 0.15) is 18.2 Å². The topological polar surface area (TPSA) is 21.3 Å². The quantitative estimate of drug-likeness (QED) is 0.751. The van der Waals surface area contributed by atoms with E-state index in [1.54, 1.807) is 19.1 Å². The average molecular weight is 209 g/mol. The van der Waals surface area contributed by atoms with Crippen molar-refractivity contribution in [3.63, 3.8) is 0 Å². The second-order valence-electron chi connectivity index (χ2n) is 3.99. The lowest BCUT2D eigenvalue weighted by atomic mass is 10.2. The Bertz CT molecular complexity index is 336. The molecule has 1 N–H and O–H groups in total. The number of hydrogen-bond acceptors (Lipinski definition) is 2. The van der Waals surface area contributed by atoms with Crippen LogP contribution in [0.5, 0.6) is 5.75 Å². The summed E-state index contributed by atoms with van der Waals surface area (Å²) in [7, 11) is 0. The summed E-state index contributed by atoms with van der Waals surface area (Å²) >= 11 is 0. The van der Waals surface area contributed by atoms with E-state index in [0.29, 0.717) is 18.2 Å². The van der Waals surface area contributed by atoms with Gasteiger partial charge < -0.3 is 10.1 Å². The second kappa shape index (κ2) is 4.62. The maximum atomic E-state index is 12.9. The maximum absolute atomic E-state index is 12.9. The molecule has 1 aromatic carbocycles. The number of hydrogen-bond donors (Lipinski definition) is 1. The van der Waals surface area contributed by atoms with Crippen molar-refractivity contribution in [3.8, 4) is 5.75 Å². The smallest absolute Gasteiger partial charge is 0.126 e. The van der Waals surface area contributed by atoms with Crippen molar-refractivity contribution >= 4 is 0 Å². The molecule has 0 atom stereocenters. The summed E-state index contributed by atoms with van der Waals surface area (Å²) in [5.41, 5.74) is 0.627. The van der Waals surface area contributed by atoms with Gasteiger partial charge in [-0.2, -0.15) is 0 Å². The summed E-state index contributed by atoms with van der Waals surface area (Å²) < 4.78 is 18.4. The van der Waals surface area contributed by atoms with E-state index in [2.05, 4.69) is 5.32 Å². The highest BCUT2D eigenvalue weighted by molar-refractivity contribution is 5.28. The van der Waals surface area contributed by atoms with Gasteiger partial charge in [0.2, 0.25) is 0 Å². The Morgan fingerprint density at radius 3 is 2.93 bits per heavy atom. The molecule has 0 heterocycles. The molecule has 15 heavy (non-hydrogen) atoms. The molecule has 0 radical (unpaired) electrons. The van der Waals surface area contributed by atoms with Crippen LogP contribution in [-0.2, 0) is 0 Å². The molecule has 0 unspecified atom stereocenters. The van der Waals surface area contributed by atoms with Crippen LogP contribution < -0.4 is 10.1 Å². The first-order valence-electron chi connectivity index (χ1n) is 5.38. The highest BCUT2D eigenvalue weighted by Gasteiger charge is 2.19. The molecule has 1 aliphatic carbocycles. The van der Waals surface area contributed by atoms with Gasteiger partial charge in [-0.25, -0.2) is 4.39 Å². The number of ether oxygens (including phenoxy) is 1. The zero-order chi connectivity index (χ0) is 10.7. The Morgan fingerprint density at radius 2 is 2.27 bits per heavy atom. The maximum Gasteiger partial charge on any atom is 0.126 e. The first-order chi connectivity index (χ1) is 7.25. The third kappa shape index (κ3) is 3.20. The Labute approximate surface area is 89.4 Å². The van der Waals surface area contributed by atoms with Crippen molar-refractivity contribution in [2.75, 3.05) is 13.2 Å². The number of nitrogens with one attached hydrogen (secondary N) is 1. The lowest BCUT2D eigenvalue weighted by Gasteiger charge is -2.07. The Morgan fingerprint density at radius 1 is 1.47 bits per heavy atom. The van der Waals surface area contributed by atoms with Gasteiger partial charge in [0.05, 0.1) is 0 Å². The van der Waals surface area contributed by atoms with Gasteiger partial charge in [0.25, 0.3) is 0 Å². The summed E-state index contributed by atoms with van der Waals surface area (Å²) in [6, 6.07) is 5.55. The summed E-state index contributed by atoms with van der Waals surface area (Å²) in [6.45, 7) is 3.24. The van der Waals surface area contributed by atoms with Gasteiger partial charge in [-0.15, -0.1) is 0 Å². The second-order valence-corrected chi connectivity index (χ2v) is 3.99. The van der Waals surface area contributed by atoms with E-state index in [9.17, 15) is 4.39 Å². The van der Waals surface area contributed by atoms with Gasteiger partial charge >= 0.3 is 0 Å². The minimum atomic E-state index is -0.182.